The van der Waals surface area contributed by atoms with Crippen LogP contribution in [0, 0.1) is 5.92 Å². The van der Waals surface area contributed by atoms with Gasteiger partial charge < -0.3 is 0 Å². The Kier molecular flexibility index (Phi) is 15.0. The molecular formula is C4H15ClSi2. The van der Waals surface area contributed by atoms with E-state index in [0.29, 0.717) is 0 Å². The molecule has 0 radical (unpaired) electrons. The molecule has 0 N–H and O–H groups in total. The Hall–Kier alpha value is 0.724. The molecule has 0 saturated heterocycles. The van der Waals surface area contributed by atoms with Crippen molar-refractivity contribution in [1.82, 2.24) is 0 Å². The van der Waals surface area contributed by atoms with Crippen molar-refractivity contribution in [3.63, 3.8) is 0 Å². The Bertz CT molecular complexity index is 23.7. The number of hydrogen-bond acceptors (Lipinski definition) is 0. The quantitative estimate of drug-likeness (QED) is 0.367. The minimum absolute atomic E-state index is 0.778. The summed E-state index contributed by atoms with van der Waals surface area (Å²) in [7, 11) is 2.15. The van der Waals surface area contributed by atoms with Crippen molar-refractivity contribution in [3.05, 3.63) is 0 Å². The molecule has 0 unspecified atom stereocenters. The van der Waals surface area contributed by atoms with Crippen LogP contribution in [0.4, 0.5) is 0 Å². The lowest BCUT2D eigenvalue weighted by molar-refractivity contribution is 0.735. The van der Waals surface area contributed by atoms with Crippen LogP contribution >= 0.6 is 11.1 Å². The molecule has 0 atom stereocenters. The second-order valence-electron chi connectivity index (χ2n) is 1.80. The molecule has 0 aromatic heterocycles. The van der Waals surface area contributed by atoms with Gasteiger partial charge in [-0.1, -0.05) is 25.8 Å². The smallest absolute Gasteiger partial charge is 0.109 e. The summed E-state index contributed by atoms with van der Waals surface area (Å²) in [6.07, 6.45) is 0. The van der Waals surface area contributed by atoms with Crippen LogP contribution in [-0.4, -0.2) is 19.8 Å². The van der Waals surface area contributed by atoms with E-state index in [-0.39, 0.29) is 0 Å². The molecule has 0 rings (SSSR count). The maximum atomic E-state index is 4.78. The standard InChI is InChI=1S/C4H12Si.ClH3Si/c1-4(2)3-5;1-2/h4H,3H2,1-2,5H3;2H3. The third kappa shape index (κ3) is 20.2. The van der Waals surface area contributed by atoms with Crippen LogP contribution in [0.2, 0.25) is 6.04 Å². The Labute approximate surface area is 57.2 Å². The molecular weight excluding hydrogens is 140 g/mol. The summed E-state index contributed by atoms with van der Waals surface area (Å²) in [5.74, 6) is 0.946. The molecule has 0 aromatic rings. The summed E-state index contributed by atoms with van der Waals surface area (Å²) in [5, 5.41) is 0. The molecule has 46 valence electrons. The highest BCUT2D eigenvalue weighted by atomic mass is 35.6. The molecule has 0 aliphatic carbocycles. The SMILES string of the molecule is CC(C)C[SiH3].[SiH3]Cl. The van der Waals surface area contributed by atoms with E-state index >= 15 is 0 Å². The third-order valence-electron chi connectivity index (χ3n) is 0.816. The van der Waals surface area contributed by atoms with Gasteiger partial charge >= 0.3 is 0 Å². The first-order chi connectivity index (χ1) is 3.27. The van der Waals surface area contributed by atoms with E-state index in [2.05, 4.69) is 13.8 Å². The molecule has 0 saturated carbocycles. The monoisotopic (exact) mass is 154 g/mol. The van der Waals surface area contributed by atoms with Crippen LogP contribution in [0.3, 0.4) is 0 Å². The van der Waals surface area contributed by atoms with Gasteiger partial charge in [0.15, 0.2) is 0 Å². The molecule has 0 aromatic carbocycles. The minimum atomic E-state index is 0.778. The second kappa shape index (κ2) is 9.87. The molecule has 0 aliphatic heterocycles. The van der Waals surface area contributed by atoms with Crippen molar-refractivity contribution >= 4 is 30.9 Å². The first-order valence-electron chi connectivity index (χ1n) is 2.65. The van der Waals surface area contributed by atoms with Gasteiger partial charge in [-0.15, -0.1) is 0 Å². The molecule has 3 heteroatoms. The molecule has 0 amide bonds. The van der Waals surface area contributed by atoms with E-state index < -0.39 is 0 Å². The first-order valence-corrected chi connectivity index (χ1v) is 7.09. The average molecular weight is 155 g/mol. The highest BCUT2D eigenvalue weighted by Crippen LogP contribution is 1.92. The molecule has 0 spiro atoms. The van der Waals surface area contributed by atoms with Gasteiger partial charge in [-0.25, -0.2) is 0 Å². The third-order valence-corrected chi connectivity index (χ3v) is 2.45. The van der Waals surface area contributed by atoms with Gasteiger partial charge in [0, 0.05) is 10.2 Å². The van der Waals surface area contributed by atoms with E-state index in [0.717, 1.165) is 15.5 Å². The van der Waals surface area contributed by atoms with Crippen LogP contribution in [0.5, 0.6) is 0 Å². The van der Waals surface area contributed by atoms with Crippen molar-refractivity contribution in [1.29, 1.82) is 0 Å². The normalized spacial score (nSPS) is 8.57. The molecule has 0 fully saturated rings. The summed E-state index contributed by atoms with van der Waals surface area (Å²) in [4.78, 5) is 0. The lowest BCUT2D eigenvalue weighted by Gasteiger charge is -1.90. The van der Waals surface area contributed by atoms with Gasteiger partial charge in [0.2, 0.25) is 0 Å². The largest absolute Gasteiger partial charge is 0.181 e. The molecule has 0 aliphatic rings. The second-order valence-corrected chi connectivity index (χ2v) is 2.62. The predicted molar refractivity (Wildman–Crippen MR) is 45.4 cm³/mol. The van der Waals surface area contributed by atoms with Gasteiger partial charge in [0.1, 0.15) is 9.55 Å². The van der Waals surface area contributed by atoms with Crippen LogP contribution in [0.1, 0.15) is 13.8 Å². The van der Waals surface area contributed by atoms with Crippen molar-refractivity contribution in [2.45, 2.75) is 19.9 Å². The van der Waals surface area contributed by atoms with E-state index in [4.69, 9.17) is 11.1 Å². The predicted octanol–water partition coefficient (Wildman–Crippen LogP) is -0.0683. The van der Waals surface area contributed by atoms with Crippen LogP contribution in [0.15, 0.2) is 0 Å². The van der Waals surface area contributed by atoms with Gasteiger partial charge in [-0.05, 0) is 0 Å². The lowest BCUT2D eigenvalue weighted by Crippen LogP contribution is -1.80. The summed E-state index contributed by atoms with van der Waals surface area (Å²) < 4.78 is 0. The molecule has 0 heterocycles. The van der Waals surface area contributed by atoms with Gasteiger partial charge in [-0.2, -0.15) is 11.1 Å². The highest BCUT2D eigenvalue weighted by Gasteiger charge is 1.80. The number of halogens is 1. The summed E-state index contributed by atoms with van der Waals surface area (Å²) in [6, 6.07) is 1.44. The number of rotatable bonds is 1. The van der Waals surface area contributed by atoms with E-state index in [1.807, 2.05) is 0 Å². The highest BCUT2D eigenvalue weighted by molar-refractivity contribution is 6.80. The maximum Gasteiger partial charge on any atom is 0.109 e. The summed E-state index contributed by atoms with van der Waals surface area (Å²) >= 11 is 4.78. The van der Waals surface area contributed by atoms with Crippen LogP contribution in [-0.2, 0) is 0 Å². The Morgan fingerprint density at radius 2 is 1.57 bits per heavy atom. The zero-order valence-corrected chi connectivity index (χ0v) is 10.4. The topological polar surface area (TPSA) is 0 Å². The van der Waals surface area contributed by atoms with Crippen molar-refractivity contribution < 1.29 is 0 Å². The Morgan fingerprint density at radius 1 is 1.43 bits per heavy atom. The number of hydrogen-bond donors (Lipinski definition) is 0. The first kappa shape index (κ1) is 10.7. The summed E-state index contributed by atoms with van der Waals surface area (Å²) in [5.41, 5.74) is 0. The fourth-order valence-electron chi connectivity index (χ4n) is 0. The fraction of sp³-hybridized carbons (Fsp3) is 1.00. The zero-order chi connectivity index (χ0) is 6.28. The van der Waals surface area contributed by atoms with Gasteiger partial charge in [0.25, 0.3) is 0 Å². The molecule has 0 nitrogen and oxygen atoms in total. The fourth-order valence-corrected chi connectivity index (χ4v) is 0. The molecule has 0 bridgehead atoms. The average Bonchev–Trinajstić information content (AvgIpc) is 1.73. The van der Waals surface area contributed by atoms with E-state index in [9.17, 15) is 0 Å². The van der Waals surface area contributed by atoms with Gasteiger partial charge in [0.05, 0.1) is 0 Å². The Morgan fingerprint density at radius 3 is 1.57 bits per heavy atom. The Balaban J connectivity index is 0. The summed E-state index contributed by atoms with van der Waals surface area (Å²) in [6.45, 7) is 4.51. The maximum absolute atomic E-state index is 4.78. The van der Waals surface area contributed by atoms with Crippen molar-refractivity contribution in [2.75, 3.05) is 0 Å². The minimum Gasteiger partial charge on any atom is -0.181 e. The molecule has 7 heavy (non-hydrogen) atoms. The van der Waals surface area contributed by atoms with E-state index in [1.54, 1.807) is 0 Å². The van der Waals surface area contributed by atoms with E-state index in [1.165, 1.54) is 16.3 Å². The van der Waals surface area contributed by atoms with Gasteiger partial charge in [-0.3, -0.25) is 0 Å². The zero-order valence-electron chi connectivity index (χ0n) is 5.66. The van der Waals surface area contributed by atoms with Crippen molar-refractivity contribution in [3.8, 4) is 0 Å². The van der Waals surface area contributed by atoms with Crippen LogP contribution < -0.4 is 0 Å². The van der Waals surface area contributed by atoms with Crippen molar-refractivity contribution in [2.24, 2.45) is 5.92 Å². The lowest BCUT2D eigenvalue weighted by atomic mass is 10.3. The van der Waals surface area contributed by atoms with Crippen LogP contribution in [0.25, 0.3) is 0 Å².